The van der Waals surface area contributed by atoms with Crippen LogP contribution in [0, 0.1) is 6.92 Å². The standard InChI is InChI=1S/C20H14N6S/c1-13-7-9-14(10-8-13)16-11-27-20-17(16)19(21-12-22-20)26-24-18(23-25-26)15-5-3-2-4-6-15/h2-12H,1H3. The normalized spacial score (nSPS) is 11.1. The maximum Gasteiger partial charge on any atom is 0.205 e. The zero-order chi connectivity index (χ0) is 18.2. The van der Waals surface area contributed by atoms with Gasteiger partial charge in [-0.1, -0.05) is 60.2 Å². The first-order valence-corrected chi connectivity index (χ1v) is 9.32. The minimum Gasteiger partial charge on any atom is -0.225 e. The molecule has 6 nitrogen and oxygen atoms in total. The summed E-state index contributed by atoms with van der Waals surface area (Å²) in [6.45, 7) is 2.08. The molecular weight excluding hydrogens is 356 g/mol. The Balaban J connectivity index is 1.67. The van der Waals surface area contributed by atoms with Crippen molar-refractivity contribution in [3.63, 3.8) is 0 Å². The fraction of sp³-hybridized carbons (Fsp3) is 0.0500. The number of fused-ring (bicyclic) bond motifs is 1. The average molecular weight is 370 g/mol. The Morgan fingerprint density at radius 3 is 2.52 bits per heavy atom. The molecule has 0 bridgehead atoms. The molecule has 0 aliphatic carbocycles. The number of thiophene rings is 1. The molecule has 0 radical (unpaired) electrons. The number of nitrogens with zero attached hydrogens (tertiary/aromatic N) is 6. The van der Waals surface area contributed by atoms with Crippen molar-refractivity contribution in [3.05, 3.63) is 71.9 Å². The second-order valence-electron chi connectivity index (χ2n) is 6.16. The lowest BCUT2D eigenvalue weighted by atomic mass is 10.0. The average Bonchev–Trinajstić information content (AvgIpc) is 3.37. The van der Waals surface area contributed by atoms with Crippen molar-refractivity contribution in [2.75, 3.05) is 0 Å². The first kappa shape index (κ1) is 15.8. The maximum absolute atomic E-state index is 4.54. The van der Waals surface area contributed by atoms with E-state index in [1.165, 1.54) is 10.4 Å². The van der Waals surface area contributed by atoms with E-state index in [9.17, 15) is 0 Å². The van der Waals surface area contributed by atoms with Crippen LogP contribution in [0.4, 0.5) is 0 Å². The van der Waals surface area contributed by atoms with Crippen molar-refractivity contribution in [3.8, 4) is 28.3 Å². The fourth-order valence-corrected chi connectivity index (χ4v) is 3.87. The summed E-state index contributed by atoms with van der Waals surface area (Å²) in [6, 6.07) is 18.2. The van der Waals surface area contributed by atoms with Crippen molar-refractivity contribution >= 4 is 21.6 Å². The van der Waals surface area contributed by atoms with E-state index in [2.05, 4.69) is 61.9 Å². The van der Waals surface area contributed by atoms with Gasteiger partial charge in [-0.05, 0) is 17.7 Å². The van der Waals surface area contributed by atoms with E-state index in [0.29, 0.717) is 11.6 Å². The molecule has 5 aromatic rings. The monoisotopic (exact) mass is 370 g/mol. The van der Waals surface area contributed by atoms with Crippen molar-refractivity contribution < 1.29 is 0 Å². The number of hydrogen-bond donors (Lipinski definition) is 0. The van der Waals surface area contributed by atoms with Gasteiger partial charge < -0.3 is 0 Å². The van der Waals surface area contributed by atoms with Gasteiger partial charge in [0.15, 0.2) is 5.82 Å². The van der Waals surface area contributed by atoms with Gasteiger partial charge in [-0.25, -0.2) is 9.97 Å². The Bertz CT molecular complexity index is 1220. The minimum atomic E-state index is 0.564. The lowest BCUT2D eigenvalue weighted by molar-refractivity contribution is 0.705. The van der Waals surface area contributed by atoms with Gasteiger partial charge in [0.2, 0.25) is 5.82 Å². The highest BCUT2D eigenvalue weighted by atomic mass is 32.1. The third-order valence-corrected chi connectivity index (χ3v) is 5.23. The van der Waals surface area contributed by atoms with Gasteiger partial charge in [0, 0.05) is 16.5 Å². The second kappa shape index (κ2) is 6.37. The third kappa shape index (κ3) is 2.78. The van der Waals surface area contributed by atoms with Crippen LogP contribution in [0.25, 0.3) is 38.5 Å². The summed E-state index contributed by atoms with van der Waals surface area (Å²) in [4.78, 5) is 11.2. The predicted molar refractivity (Wildman–Crippen MR) is 106 cm³/mol. The summed E-state index contributed by atoms with van der Waals surface area (Å²) in [6.07, 6.45) is 1.54. The van der Waals surface area contributed by atoms with Gasteiger partial charge in [-0.15, -0.1) is 26.3 Å². The third-order valence-electron chi connectivity index (χ3n) is 4.35. The van der Waals surface area contributed by atoms with E-state index < -0.39 is 0 Å². The molecule has 3 heterocycles. The molecule has 0 spiro atoms. The minimum absolute atomic E-state index is 0.564. The molecule has 0 fully saturated rings. The molecule has 0 aliphatic rings. The van der Waals surface area contributed by atoms with Gasteiger partial charge in [0.1, 0.15) is 11.2 Å². The van der Waals surface area contributed by atoms with Crippen molar-refractivity contribution in [2.24, 2.45) is 0 Å². The zero-order valence-electron chi connectivity index (χ0n) is 14.4. The van der Waals surface area contributed by atoms with Crippen LogP contribution < -0.4 is 0 Å². The van der Waals surface area contributed by atoms with Crippen LogP contribution in [-0.2, 0) is 0 Å². The summed E-state index contributed by atoms with van der Waals surface area (Å²) in [7, 11) is 0. The largest absolute Gasteiger partial charge is 0.225 e. The molecular formula is C20H14N6S. The molecule has 27 heavy (non-hydrogen) atoms. The molecule has 7 heteroatoms. The van der Waals surface area contributed by atoms with E-state index in [1.807, 2.05) is 30.3 Å². The Morgan fingerprint density at radius 1 is 0.889 bits per heavy atom. The molecule has 0 amide bonds. The van der Waals surface area contributed by atoms with E-state index in [0.717, 1.165) is 26.9 Å². The number of aryl methyl sites for hydroxylation is 1. The Hall–Kier alpha value is -3.45. The van der Waals surface area contributed by atoms with Crippen LogP contribution in [0.3, 0.4) is 0 Å². The predicted octanol–water partition coefficient (Wildman–Crippen LogP) is 4.31. The second-order valence-corrected chi connectivity index (χ2v) is 7.02. The number of rotatable bonds is 3. The van der Waals surface area contributed by atoms with Gasteiger partial charge in [-0.3, -0.25) is 0 Å². The Morgan fingerprint density at radius 2 is 1.70 bits per heavy atom. The van der Waals surface area contributed by atoms with Gasteiger partial charge in [-0.2, -0.15) is 0 Å². The molecule has 3 aromatic heterocycles. The topological polar surface area (TPSA) is 69.4 Å². The molecule has 0 aliphatic heterocycles. The number of aromatic nitrogens is 6. The summed E-state index contributed by atoms with van der Waals surface area (Å²) < 4.78 is 0. The van der Waals surface area contributed by atoms with Crippen LogP contribution in [0.5, 0.6) is 0 Å². The van der Waals surface area contributed by atoms with E-state index >= 15 is 0 Å². The van der Waals surface area contributed by atoms with Crippen LogP contribution in [0.1, 0.15) is 5.56 Å². The Labute approximate surface area is 159 Å². The van der Waals surface area contributed by atoms with Crippen LogP contribution in [-0.4, -0.2) is 30.2 Å². The van der Waals surface area contributed by atoms with Crippen molar-refractivity contribution in [1.82, 2.24) is 30.2 Å². The highest BCUT2D eigenvalue weighted by molar-refractivity contribution is 7.17. The smallest absolute Gasteiger partial charge is 0.205 e. The quantitative estimate of drug-likeness (QED) is 0.473. The summed E-state index contributed by atoms with van der Waals surface area (Å²) in [5.74, 6) is 1.20. The van der Waals surface area contributed by atoms with Crippen LogP contribution in [0.15, 0.2) is 66.3 Å². The van der Waals surface area contributed by atoms with Crippen molar-refractivity contribution in [1.29, 1.82) is 0 Å². The molecule has 130 valence electrons. The van der Waals surface area contributed by atoms with E-state index in [1.54, 1.807) is 17.7 Å². The van der Waals surface area contributed by atoms with Gasteiger partial charge in [0.25, 0.3) is 0 Å². The van der Waals surface area contributed by atoms with Crippen LogP contribution >= 0.6 is 11.3 Å². The SMILES string of the molecule is Cc1ccc(-c2csc3ncnc(-n4nnc(-c5ccccc5)n4)c23)cc1. The highest BCUT2D eigenvalue weighted by Gasteiger charge is 2.17. The summed E-state index contributed by atoms with van der Waals surface area (Å²) in [5.41, 5.74) is 4.33. The van der Waals surface area contributed by atoms with E-state index in [-0.39, 0.29) is 0 Å². The molecule has 0 saturated carbocycles. The first-order valence-electron chi connectivity index (χ1n) is 8.44. The lowest BCUT2D eigenvalue weighted by Gasteiger charge is -2.04. The molecule has 0 saturated heterocycles. The molecule has 0 atom stereocenters. The van der Waals surface area contributed by atoms with Crippen LogP contribution in [0.2, 0.25) is 0 Å². The molecule has 5 rings (SSSR count). The zero-order valence-corrected chi connectivity index (χ0v) is 15.3. The summed E-state index contributed by atoms with van der Waals surface area (Å²) >= 11 is 1.58. The lowest BCUT2D eigenvalue weighted by Crippen LogP contribution is -2.03. The number of benzene rings is 2. The number of tetrazole rings is 1. The fourth-order valence-electron chi connectivity index (χ4n) is 2.96. The first-order chi connectivity index (χ1) is 13.3. The highest BCUT2D eigenvalue weighted by Crippen LogP contribution is 2.35. The van der Waals surface area contributed by atoms with Gasteiger partial charge >= 0.3 is 0 Å². The van der Waals surface area contributed by atoms with Crippen molar-refractivity contribution in [2.45, 2.75) is 6.92 Å². The maximum atomic E-state index is 4.54. The molecule has 2 aromatic carbocycles. The van der Waals surface area contributed by atoms with E-state index in [4.69, 9.17) is 0 Å². The number of hydrogen-bond acceptors (Lipinski definition) is 6. The Kier molecular flexibility index (Phi) is 3.72. The summed E-state index contributed by atoms with van der Waals surface area (Å²) in [5, 5.41) is 16.0. The molecule has 0 unspecified atom stereocenters. The van der Waals surface area contributed by atoms with Gasteiger partial charge in [0.05, 0.1) is 5.39 Å². The molecule has 0 N–H and O–H groups in total.